The van der Waals surface area contributed by atoms with Gasteiger partial charge >= 0.3 is 0 Å². The summed E-state index contributed by atoms with van der Waals surface area (Å²) in [6.45, 7) is 1.99. The number of aryl methyl sites for hydroxylation is 1. The Bertz CT molecular complexity index is 1610. The maximum Gasteiger partial charge on any atom is 0.298 e. The van der Waals surface area contributed by atoms with Crippen LogP contribution in [-0.2, 0) is 20.0 Å². The minimum absolute atomic E-state index is 0.0371. The quantitative estimate of drug-likeness (QED) is 0.222. The van der Waals surface area contributed by atoms with E-state index in [4.69, 9.17) is 4.74 Å². The van der Waals surface area contributed by atoms with E-state index in [0.717, 1.165) is 47.0 Å². The minimum atomic E-state index is -4.83. The molecule has 0 saturated heterocycles. The highest BCUT2D eigenvalue weighted by Crippen LogP contribution is 2.34. The molecule has 0 heterocycles. The summed E-state index contributed by atoms with van der Waals surface area (Å²) in [6, 6.07) is 21.4. The normalized spacial score (nSPS) is 11.9. The van der Waals surface area contributed by atoms with Crippen LogP contribution in [-0.4, -0.2) is 26.5 Å². The molecule has 0 unspecified atom stereocenters. The van der Waals surface area contributed by atoms with Crippen LogP contribution in [0.25, 0.3) is 11.1 Å². The molecule has 0 atom stereocenters. The van der Waals surface area contributed by atoms with E-state index < -0.39 is 24.9 Å². The van der Waals surface area contributed by atoms with Gasteiger partial charge in [0.15, 0.2) is 0 Å². The summed E-state index contributed by atoms with van der Waals surface area (Å²) in [6.07, 6.45) is 0. The fraction of sp³-hybridized carbons (Fsp3) is 0.0400. The van der Waals surface area contributed by atoms with Crippen LogP contribution in [0.5, 0.6) is 17.2 Å². The van der Waals surface area contributed by atoms with Gasteiger partial charge in [0.1, 0.15) is 22.1 Å². The Morgan fingerprint density at radius 1 is 0.743 bits per heavy atom. The molecule has 0 aliphatic rings. The first kappa shape index (κ1) is 24.8. The molecule has 0 aromatic heterocycles. The van der Waals surface area contributed by atoms with Gasteiger partial charge in [0, 0.05) is 4.90 Å². The zero-order valence-corrected chi connectivity index (χ0v) is 20.8. The van der Waals surface area contributed by atoms with Crippen molar-refractivity contribution in [3.8, 4) is 28.4 Å². The lowest BCUT2D eigenvalue weighted by Gasteiger charge is -2.13. The van der Waals surface area contributed by atoms with Crippen LogP contribution in [0.1, 0.15) is 5.56 Å². The Morgan fingerprint density at radius 3 is 1.86 bits per heavy atom. The van der Waals surface area contributed by atoms with Crippen molar-refractivity contribution in [3.63, 3.8) is 0 Å². The van der Waals surface area contributed by atoms with Gasteiger partial charge in [-0.3, -0.25) is 4.55 Å². The highest BCUT2D eigenvalue weighted by atomic mass is 32.2. The molecule has 2 N–H and O–H groups in total. The molecule has 180 valence electrons. The fourth-order valence-electron chi connectivity index (χ4n) is 3.34. The summed E-state index contributed by atoms with van der Waals surface area (Å²) in [7, 11) is -9.01. The van der Waals surface area contributed by atoms with Gasteiger partial charge in [-0.1, -0.05) is 42.0 Å². The monoisotopic (exact) mass is 528 g/mol. The zero-order chi connectivity index (χ0) is 25.4. The molecule has 0 spiro atoms. The van der Waals surface area contributed by atoms with Crippen LogP contribution < -0.4 is 4.74 Å². The average molecular weight is 529 g/mol. The Kier molecular flexibility index (Phi) is 6.65. The molecule has 0 radical (unpaired) electrons. The second kappa shape index (κ2) is 9.38. The van der Waals surface area contributed by atoms with Gasteiger partial charge < -0.3 is 9.84 Å². The molecule has 0 bridgehead atoms. The lowest BCUT2D eigenvalue weighted by molar-refractivity contribution is 0.449. The van der Waals surface area contributed by atoms with Crippen molar-refractivity contribution in [1.82, 2.24) is 0 Å². The third-order valence-corrected chi connectivity index (χ3v) is 8.21. The molecular weight excluding hydrogens is 508 g/mol. The maximum atomic E-state index is 13.0. The van der Waals surface area contributed by atoms with Gasteiger partial charge in [-0.15, -0.1) is 12.6 Å². The minimum Gasteiger partial charge on any atom is -0.507 e. The van der Waals surface area contributed by atoms with Crippen molar-refractivity contribution >= 4 is 32.6 Å². The van der Waals surface area contributed by atoms with Crippen LogP contribution in [0.15, 0.2) is 105 Å². The van der Waals surface area contributed by atoms with Crippen molar-refractivity contribution in [2.45, 2.75) is 26.5 Å². The molecule has 0 amide bonds. The summed E-state index contributed by atoms with van der Waals surface area (Å²) >= 11 is 4.01. The Labute approximate surface area is 208 Å². The van der Waals surface area contributed by atoms with Gasteiger partial charge in [0.2, 0.25) is 9.84 Å². The molecule has 0 aliphatic heterocycles. The number of hydrogen-bond donors (Lipinski definition) is 3. The smallest absolute Gasteiger partial charge is 0.298 e. The second-order valence-electron chi connectivity index (χ2n) is 7.73. The molecule has 35 heavy (non-hydrogen) atoms. The SMILES string of the molecule is Cc1ccc(-c2ccc(Oc3ccc(S(=O)(=O)c4ccc(O)c(S)c4)cc3S(=O)(=O)O)cc2)cc1. The first-order chi connectivity index (χ1) is 16.4. The number of thiol groups is 1. The number of phenolic OH excluding ortho intramolecular Hbond substituents is 1. The summed E-state index contributed by atoms with van der Waals surface area (Å²) in [5.41, 5.74) is 3.05. The molecule has 0 fully saturated rings. The Balaban J connectivity index is 1.68. The zero-order valence-electron chi connectivity index (χ0n) is 18.3. The van der Waals surface area contributed by atoms with Crippen LogP contribution >= 0.6 is 12.6 Å². The fourth-order valence-corrected chi connectivity index (χ4v) is 5.66. The molecule has 0 saturated carbocycles. The summed E-state index contributed by atoms with van der Waals surface area (Å²) in [5.74, 6) is -0.155. The van der Waals surface area contributed by atoms with E-state index in [2.05, 4.69) is 12.6 Å². The summed E-state index contributed by atoms with van der Waals surface area (Å²) < 4.78 is 65.6. The highest BCUT2D eigenvalue weighted by molar-refractivity contribution is 7.91. The van der Waals surface area contributed by atoms with Gasteiger partial charge in [-0.2, -0.15) is 8.42 Å². The van der Waals surface area contributed by atoms with E-state index in [1.807, 2.05) is 31.2 Å². The molecule has 4 rings (SSSR count). The van der Waals surface area contributed by atoms with Crippen LogP contribution in [0, 0.1) is 6.92 Å². The third-order valence-electron chi connectivity index (χ3n) is 5.23. The standard InChI is InChI=1S/C25H20O7S3/c1-16-2-4-17(5-3-16)18-6-8-19(9-7-18)32-23-13-11-21(15-25(23)35(29,30)31)34(27,28)20-10-12-22(26)24(33)14-20/h2-15,26,33H,1H3,(H,29,30,31). The van der Waals surface area contributed by atoms with E-state index in [1.54, 1.807) is 24.3 Å². The van der Waals surface area contributed by atoms with E-state index in [1.165, 1.54) is 6.07 Å². The predicted molar refractivity (Wildman–Crippen MR) is 134 cm³/mol. The summed E-state index contributed by atoms with van der Waals surface area (Å²) in [5, 5.41) is 9.60. The molecule has 4 aromatic rings. The number of phenols is 1. The number of hydrogen-bond acceptors (Lipinski definition) is 7. The van der Waals surface area contributed by atoms with E-state index in [-0.39, 0.29) is 26.2 Å². The van der Waals surface area contributed by atoms with Gasteiger partial charge in [0.25, 0.3) is 10.1 Å². The molecular formula is C25H20O7S3. The number of benzene rings is 4. The molecule has 4 aromatic carbocycles. The first-order valence-electron chi connectivity index (χ1n) is 10.2. The lowest BCUT2D eigenvalue weighted by Crippen LogP contribution is -2.06. The molecule has 7 nitrogen and oxygen atoms in total. The van der Waals surface area contributed by atoms with Gasteiger partial charge in [-0.25, -0.2) is 8.42 Å². The van der Waals surface area contributed by atoms with Crippen LogP contribution in [0.4, 0.5) is 0 Å². The highest BCUT2D eigenvalue weighted by Gasteiger charge is 2.25. The van der Waals surface area contributed by atoms with Crippen LogP contribution in [0.3, 0.4) is 0 Å². The van der Waals surface area contributed by atoms with E-state index in [0.29, 0.717) is 5.75 Å². The van der Waals surface area contributed by atoms with E-state index >= 15 is 0 Å². The number of sulfone groups is 1. The molecule has 0 aliphatic carbocycles. The predicted octanol–water partition coefficient (Wildman–Crippen LogP) is 5.53. The third kappa shape index (κ3) is 5.35. The van der Waals surface area contributed by atoms with Crippen molar-refractivity contribution < 1.29 is 31.2 Å². The first-order valence-corrected chi connectivity index (χ1v) is 13.6. The second-order valence-corrected chi connectivity index (χ2v) is 11.6. The van der Waals surface area contributed by atoms with Crippen molar-refractivity contribution in [1.29, 1.82) is 0 Å². The Morgan fingerprint density at radius 2 is 1.29 bits per heavy atom. The lowest BCUT2D eigenvalue weighted by atomic mass is 10.0. The van der Waals surface area contributed by atoms with Crippen molar-refractivity contribution in [3.05, 3.63) is 90.5 Å². The maximum absolute atomic E-state index is 13.0. The van der Waals surface area contributed by atoms with Crippen molar-refractivity contribution in [2.75, 3.05) is 0 Å². The molecule has 10 heteroatoms. The van der Waals surface area contributed by atoms with Crippen LogP contribution in [0.2, 0.25) is 0 Å². The van der Waals surface area contributed by atoms with E-state index in [9.17, 15) is 26.5 Å². The van der Waals surface area contributed by atoms with Crippen molar-refractivity contribution in [2.24, 2.45) is 0 Å². The Hall–Kier alpha value is -3.31. The number of rotatable bonds is 6. The largest absolute Gasteiger partial charge is 0.507 e. The van der Waals surface area contributed by atoms with Gasteiger partial charge in [-0.05, 0) is 66.6 Å². The topological polar surface area (TPSA) is 118 Å². The summed E-state index contributed by atoms with van der Waals surface area (Å²) in [4.78, 5) is -1.26. The average Bonchev–Trinajstić information content (AvgIpc) is 2.81. The van der Waals surface area contributed by atoms with Gasteiger partial charge in [0.05, 0.1) is 9.79 Å². The number of ether oxygens (including phenoxy) is 1. The number of aromatic hydroxyl groups is 1.